The van der Waals surface area contributed by atoms with Gasteiger partial charge in [-0.2, -0.15) is 0 Å². The number of aliphatic hydroxyl groups is 1. The predicted octanol–water partition coefficient (Wildman–Crippen LogP) is 4.93. The number of benzene rings is 2. The average molecular weight is 545 g/mol. The van der Waals surface area contributed by atoms with E-state index in [4.69, 9.17) is 0 Å². The van der Waals surface area contributed by atoms with Crippen molar-refractivity contribution in [3.05, 3.63) is 82.5 Å². The highest BCUT2D eigenvalue weighted by Crippen LogP contribution is 2.45. The Bertz CT molecular complexity index is 1440. The molecule has 0 amide bonds. The number of Topliss-reactive ketones (excluding diaryl/α,β-unsaturated/α-hetero) is 1. The summed E-state index contributed by atoms with van der Waals surface area (Å²) in [5, 5.41) is 9.22. The van der Waals surface area contributed by atoms with Crippen molar-refractivity contribution in [2.24, 2.45) is 5.41 Å². The van der Waals surface area contributed by atoms with Gasteiger partial charge >= 0.3 is 0 Å². The lowest BCUT2D eigenvalue weighted by molar-refractivity contribution is -0.125. The molecule has 2 atom stereocenters. The summed E-state index contributed by atoms with van der Waals surface area (Å²) >= 11 is 0. The lowest BCUT2D eigenvalue weighted by atomic mass is 9.69. The first kappa shape index (κ1) is 29.0. The Balaban J connectivity index is 2.06. The fraction of sp³-hybridized carbons (Fsp3) is 0.414. The van der Waals surface area contributed by atoms with Crippen LogP contribution in [0.5, 0.6) is 0 Å². The summed E-state index contributed by atoms with van der Waals surface area (Å²) in [4.78, 5) is 13.1. The largest absolute Gasteiger partial charge is 0.385 e. The van der Waals surface area contributed by atoms with Crippen molar-refractivity contribution >= 4 is 25.5 Å². The fourth-order valence-electron chi connectivity index (χ4n) is 4.98. The van der Waals surface area contributed by atoms with E-state index in [1.807, 2.05) is 27.7 Å². The molecule has 6 nitrogen and oxygen atoms in total. The van der Waals surface area contributed by atoms with Crippen molar-refractivity contribution in [3.63, 3.8) is 0 Å². The van der Waals surface area contributed by atoms with Crippen LogP contribution in [-0.2, 0) is 24.5 Å². The Kier molecular flexibility index (Phi) is 8.37. The summed E-state index contributed by atoms with van der Waals surface area (Å²) in [7, 11) is -7.55. The Hall–Kier alpha value is -2.55. The second-order valence-electron chi connectivity index (χ2n) is 10.7. The summed E-state index contributed by atoms with van der Waals surface area (Å²) in [5.74, 6) is -0.736. The molecule has 8 heteroatoms. The van der Waals surface area contributed by atoms with Crippen molar-refractivity contribution in [1.82, 2.24) is 0 Å². The van der Waals surface area contributed by atoms with Gasteiger partial charge in [0.1, 0.15) is 6.10 Å². The molecule has 0 saturated heterocycles. The van der Waals surface area contributed by atoms with Crippen molar-refractivity contribution in [1.29, 1.82) is 0 Å². The van der Waals surface area contributed by atoms with Gasteiger partial charge in [0.05, 0.1) is 20.8 Å². The van der Waals surface area contributed by atoms with Crippen molar-refractivity contribution in [2.75, 3.05) is 5.75 Å². The van der Waals surface area contributed by atoms with E-state index in [-0.39, 0.29) is 34.0 Å². The summed E-state index contributed by atoms with van der Waals surface area (Å²) in [5.41, 5.74) is 2.43. The highest BCUT2D eigenvalue weighted by atomic mass is 32.2. The monoisotopic (exact) mass is 544 g/mol. The van der Waals surface area contributed by atoms with E-state index in [0.717, 1.165) is 11.1 Å². The number of aryl methyl sites for hydroxylation is 2. The van der Waals surface area contributed by atoms with Crippen LogP contribution in [0.1, 0.15) is 51.7 Å². The van der Waals surface area contributed by atoms with Crippen LogP contribution in [0, 0.1) is 19.3 Å². The second kappa shape index (κ2) is 10.7. The zero-order valence-corrected chi connectivity index (χ0v) is 23.9. The summed E-state index contributed by atoms with van der Waals surface area (Å²) in [6, 6.07) is 13.2. The summed E-state index contributed by atoms with van der Waals surface area (Å²) in [6.07, 6.45) is 0.509. The molecule has 1 aliphatic rings. The Labute approximate surface area is 221 Å². The third-order valence-electron chi connectivity index (χ3n) is 7.09. The molecular weight excluding hydrogens is 508 g/mol. The molecule has 0 saturated carbocycles. The summed E-state index contributed by atoms with van der Waals surface area (Å²) in [6.45, 7) is 10.7. The molecule has 0 heterocycles. The first-order valence-corrected chi connectivity index (χ1v) is 15.5. The third-order valence-corrected chi connectivity index (χ3v) is 10.8. The number of ketones is 1. The molecule has 1 N–H and O–H groups in total. The molecule has 0 aromatic heterocycles. The Morgan fingerprint density at radius 3 is 1.95 bits per heavy atom. The average Bonchev–Trinajstić information content (AvgIpc) is 2.81. The van der Waals surface area contributed by atoms with Crippen molar-refractivity contribution in [2.45, 2.75) is 75.5 Å². The predicted molar refractivity (Wildman–Crippen MR) is 146 cm³/mol. The molecule has 0 radical (unpaired) electrons. The number of hydrogen-bond acceptors (Lipinski definition) is 6. The van der Waals surface area contributed by atoms with E-state index < -0.39 is 42.2 Å². The van der Waals surface area contributed by atoms with Gasteiger partial charge in [-0.15, -0.1) is 0 Å². The lowest BCUT2D eigenvalue weighted by Gasteiger charge is -2.40. The standard InChI is InChI=1S/C29H36O6S2/c1-19-7-11-23(12-8-19)36(32,33)16-15-21(3)17-26(37(34,35)24-13-9-20(2)10-14-24)27-22(4)28(31)25(30)18-29(27,5)6/h7-15,25-26,30H,16-18H2,1-6H3. The van der Waals surface area contributed by atoms with E-state index in [1.54, 1.807) is 68.5 Å². The van der Waals surface area contributed by atoms with Crippen molar-refractivity contribution in [3.8, 4) is 0 Å². The molecule has 0 spiro atoms. The van der Waals surface area contributed by atoms with E-state index in [0.29, 0.717) is 11.1 Å². The van der Waals surface area contributed by atoms with Gasteiger partial charge in [0.15, 0.2) is 25.5 Å². The van der Waals surface area contributed by atoms with Gasteiger partial charge < -0.3 is 5.11 Å². The highest BCUT2D eigenvalue weighted by molar-refractivity contribution is 7.92. The van der Waals surface area contributed by atoms with E-state index in [1.165, 1.54) is 0 Å². The molecule has 0 aliphatic heterocycles. The second-order valence-corrected chi connectivity index (χ2v) is 14.9. The molecule has 2 aromatic carbocycles. The third kappa shape index (κ3) is 6.30. The maximum atomic E-state index is 14.0. The molecular formula is C29H36O6S2. The minimum absolute atomic E-state index is 0.0269. The topological polar surface area (TPSA) is 106 Å². The molecule has 200 valence electrons. The van der Waals surface area contributed by atoms with Gasteiger partial charge in [0.25, 0.3) is 0 Å². The quantitative estimate of drug-likeness (QED) is 0.472. The number of allylic oxidation sites excluding steroid dienone is 1. The molecule has 2 aromatic rings. The first-order chi connectivity index (χ1) is 17.1. The summed E-state index contributed by atoms with van der Waals surface area (Å²) < 4.78 is 53.8. The fourth-order valence-corrected chi connectivity index (χ4v) is 8.36. The number of aliphatic hydroxyl groups excluding tert-OH is 1. The molecule has 3 rings (SSSR count). The highest BCUT2D eigenvalue weighted by Gasteiger charge is 2.45. The molecule has 1 aliphatic carbocycles. The maximum Gasteiger partial charge on any atom is 0.187 e. The van der Waals surface area contributed by atoms with Gasteiger partial charge in [-0.05, 0) is 81.4 Å². The number of carbonyl (C=O) groups excluding carboxylic acids is 1. The van der Waals surface area contributed by atoms with Crippen LogP contribution in [0.3, 0.4) is 0 Å². The van der Waals surface area contributed by atoms with Crippen molar-refractivity contribution < 1.29 is 26.7 Å². The number of carbonyl (C=O) groups is 1. The van der Waals surface area contributed by atoms with Crippen LogP contribution in [-0.4, -0.2) is 44.8 Å². The minimum atomic E-state index is -3.95. The van der Waals surface area contributed by atoms with E-state index in [2.05, 4.69) is 0 Å². The van der Waals surface area contributed by atoms with Gasteiger partial charge in [-0.25, -0.2) is 16.8 Å². The molecule has 37 heavy (non-hydrogen) atoms. The molecule has 0 bridgehead atoms. The van der Waals surface area contributed by atoms with Gasteiger partial charge in [0, 0.05) is 0 Å². The zero-order valence-electron chi connectivity index (χ0n) is 22.3. The maximum absolute atomic E-state index is 14.0. The lowest BCUT2D eigenvalue weighted by Crippen LogP contribution is -2.42. The number of hydrogen-bond donors (Lipinski definition) is 1. The van der Waals surface area contributed by atoms with Crippen LogP contribution in [0.25, 0.3) is 0 Å². The smallest absolute Gasteiger partial charge is 0.187 e. The molecule has 0 fully saturated rings. The Morgan fingerprint density at radius 1 is 0.946 bits per heavy atom. The van der Waals surface area contributed by atoms with Crippen LogP contribution in [0.2, 0.25) is 0 Å². The SMILES string of the molecule is CC(=CCS(=O)(=O)c1ccc(C)cc1)CC(C1=C(C)C(=O)C(O)CC1(C)C)S(=O)(=O)c1ccc(C)cc1. The van der Waals surface area contributed by atoms with Crippen LogP contribution in [0.4, 0.5) is 0 Å². The Morgan fingerprint density at radius 2 is 1.43 bits per heavy atom. The first-order valence-electron chi connectivity index (χ1n) is 12.3. The number of rotatable bonds is 8. The minimum Gasteiger partial charge on any atom is -0.385 e. The van der Waals surface area contributed by atoms with E-state index in [9.17, 15) is 26.7 Å². The number of sulfone groups is 2. The van der Waals surface area contributed by atoms with Crippen LogP contribution in [0.15, 0.2) is 81.1 Å². The van der Waals surface area contributed by atoms with Gasteiger partial charge in [-0.3, -0.25) is 4.79 Å². The van der Waals surface area contributed by atoms with Crippen LogP contribution < -0.4 is 0 Å². The van der Waals surface area contributed by atoms with Crippen LogP contribution >= 0.6 is 0 Å². The normalized spacial score (nSPS) is 19.7. The zero-order chi connectivity index (χ0) is 27.8. The van der Waals surface area contributed by atoms with Gasteiger partial charge in [-0.1, -0.05) is 60.9 Å². The van der Waals surface area contributed by atoms with E-state index >= 15 is 0 Å². The van der Waals surface area contributed by atoms with Gasteiger partial charge in [0.2, 0.25) is 0 Å². The molecule has 2 unspecified atom stereocenters.